The van der Waals surface area contributed by atoms with Crippen LogP contribution in [0.25, 0.3) is 0 Å². The third-order valence-corrected chi connectivity index (χ3v) is 1.60. The van der Waals surface area contributed by atoms with E-state index in [9.17, 15) is 4.79 Å². The molecule has 16 heavy (non-hydrogen) atoms. The Morgan fingerprint density at radius 3 is 2.44 bits per heavy atom. The monoisotopic (exact) mass is 214 g/mol. The molecule has 0 heterocycles. The van der Waals surface area contributed by atoms with E-state index in [-0.39, 0.29) is 11.3 Å². The van der Waals surface area contributed by atoms with E-state index in [0.29, 0.717) is 5.69 Å². The molecule has 78 valence electrons. The van der Waals surface area contributed by atoms with Gasteiger partial charge in [0.15, 0.2) is 0 Å². The van der Waals surface area contributed by atoms with E-state index in [1.165, 1.54) is 24.3 Å². The molecule has 0 saturated heterocycles. The summed E-state index contributed by atoms with van der Waals surface area (Å²) in [6, 6.07) is 7.26. The molecule has 6 heteroatoms. The fourth-order valence-corrected chi connectivity index (χ4v) is 0.854. The SMILES string of the molecule is N#CC(=C=N)N=Nc1ccc(C(=O)O)cc1. The average Bonchev–Trinajstić information content (AvgIpc) is 2.31. The zero-order valence-electron chi connectivity index (χ0n) is 8.01. The molecule has 6 nitrogen and oxygen atoms in total. The zero-order chi connectivity index (χ0) is 12.0. The summed E-state index contributed by atoms with van der Waals surface area (Å²) in [4.78, 5) is 10.5. The Balaban J connectivity index is 2.89. The van der Waals surface area contributed by atoms with Crippen molar-refractivity contribution in [3.63, 3.8) is 0 Å². The highest BCUT2D eigenvalue weighted by atomic mass is 16.4. The van der Waals surface area contributed by atoms with Gasteiger partial charge in [0.2, 0.25) is 5.70 Å². The van der Waals surface area contributed by atoms with Gasteiger partial charge in [0, 0.05) is 5.87 Å². The molecule has 0 aliphatic carbocycles. The smallest absolute Gasteiger partial charge is 0.335 e. The number of allylic oxidation sites excluding steroid dienone is 1. The second-order valence-electron chi connectivity index (χ2n) is 2.64. The molecular formula is C10H6N4O2. The lowest BCUT2D eigenvalue weighted by atomic mass is 10.2. The van der Waals surface area contributed by atoms with Crippen LogP contribution < -0.4 is 0 Å². The standard InChI is InChI=1S/C10H6N4O2/c11-5-9(6-12)14-13-8-3-1-7(2-4-8)10(15)16/h1-4,11H,(H,15,16). The normalized spacial score (nSPS) is 9.44. The van der Waals surface area contributed by atoms with Crippen LogP contribution in [0.3, 0.4) is 0 Å². The van der Waals surface area contributed by atoms with Gasteiger partial charge in [0.25, 0.3) is 0 Å². The van der Waals surface area contributed by atoms with Crippen LogP contribution in [0.2, 0.25) is 0 Å². The minimum atomic E-state index is -1.03. The Morgan fingerprint density at radius 1 is 1.38 bits per heavy atom. The molecule has 0 spiro atoms. The predicted octanol–water partition coefficient (Wildman–Crippen LogP) is 2.12. The van der Waals surface area contributed by atoms with Crippen LogP contribution in [0.15, 0.2) is 40.2 Å². The minimum absolute atomic E-state index is 0.141. The first-order chi connectivity index (χ1) is 7.67. The Bertz CT molecular complexity index is 519. The van der Waals surface area contributed by atoms with E-state index in [0.717, 1.165) is 0 Å². The predicted molar refractivity (Wildman–Crippen MR) is 54.8 cm³/mol. The van der Waals surface area contributed by atoms with Crippen molar-refractivity contribution in [3.05, 3.63) is 35.5 Å². The number of aromatic carboxylic acids is 1. The Labute approximate surface area is 90.7 Å². The van der Waals surface area contributed by atoms with Crippen molar-refractivity contribution < 1.29 is 9.90 Å². The highest BCUT2D eigenvalue weighted by Crippen LogP contribution is 2.14. The van der Waals surface area contributed by atoms with Gasteiger partial charge < -0.3 is 5.11 Å². The number of benzene rings is 1. The molecule has 0 saturated carbocycles. The van der Waals surface area contributed by atoms with Crippen LogP contribution in [0.4, 0.5) is 5.69 Å². The Kier molecular flexibility index (Phi) is 3.67. The molecule has 0 atom stereocenters. The molecule has 0 aromatic heterocycles. The quantitative estimate of drug-likeness (QED) is 0.456. The number of carboxylic acid groups (broad SMARTS) is 1. The van der Waals surface area contributed by atoms with E-state index < -0.39 is 5.97 Å². The molecule has 1 aromatic rings. The van der Waals surface area contributed by atoms with Gasteiger partial charge in [-0.2, -0.15) is 5.26 Å². The first kappa shape index (κ1) is 11.3. The molecule has 0 aliphatic rings. The largest absolute Gasteiger partial charge is 0.478 e. The number of azo groups is 1. The summed E-state index contributed by atoms with van der Waals surface area (Å²) in [5.41, 5.74) is 0.289. The third kappa shape index (κ3) is 2.87. The first-order valence-electron chi connectivity index (χ1n) is 4.12. The van der Waals surface area contributed by atoms with Gasteiger partial charge in [-0.15, -0.1) is 10.2 Å². The van der Waals surface area contributed by atoms with Crippen molar-refractivity contribution in [2.75, 3.05) is 0 Å². The van der Waals surface area contributed by atoms with Crippen molar-refractivity contribution in [3.8, 4) is 6.07 Å². The minimum Gasteiger partial charge on any atom is -0.478 e. The second kappa shape index (κ2) is 5.20. The summed E-state index contributed by atoms with van der Waals surface area (Å²) in [5.74, 6) is 0.775. The molecule has 0 fully saturated rings. The van der Waals surface area contributed by atoms with Crippen LogP contribution in [0.5, 0.6) is 0 Å². The molecule has 1 aromatic carbocycles. The molecule has 0 amide bonds. The van der Waals surface area contributed by atoms with Gasteiger partial charge in [-0.05, 0) is 24.3 Å². The van der Waals surface area contributed by atoms with Crippen molar-refractivity contribution in [1.29, 1.82) is 10.7 Å². The lowest BCUT2D eigenvalue weighted by Crippen LogP contribution is -1.93. The van der Waals surface area contributed by atoms with E-state index in [1.807, 2.05) is 0 Å². The maximum atomic E-state index is 10.5. The third-order valence-electron chi connectivity index (χ3n) is 1.60. The number of carboxylic acids is 1. The topological polar surface area (TPSA) is 110 Å². The highest BCUT2D eigenvalue weighted by Gasteiger charge is 2.00. The van der Waals surface area contributed by atoms with E-state index in [4.69, 9.17) is 15.8 Å². The van der Waals surface area contributed by atoms with Crippen molar-refractivity contribution in [2.24, 2.45) is 10.2 Å². The highest BCUT2D eigenvalue weighted by molar-refractivity contribution is 5.87. The van der Waals surface area contributed by atoms with Crippen LogP contribution in [0, 0.1) is 16.7 Å². The van der Waals surface area contributed by atoms with Crippen molar-refractivity contribution in [1.82, 2.24) is 0 Å². The van der Waals surface area contributed by atoms with Crippen molar-refractivity contribution >= 4 is 17.5 Å². The molecule has 0 unspecified atom stereocenters. The van der Waals surface area contributed by atoms with Gasteiger partial charge in [-0.1, -0.05) is 0 Å². The van der Waals surface area contributed by atoms with Gasteiger partial charge in [-0.3, -0.25) is 5.41 Å². The lowest BCUT2D eigenvalue weighted by molar-refractivity contribution is 0.0697. The zero-order valence-corrected chi connectivity index (χ0v) is 8.01. The second-order valence-corrected chi connectivity index (χ2v) is 2.64. The van der Waals surface area contributed by atoms with Gasteiger partial charge in [0.1, 0.15) is 6.07 Å². The number of nitriles is 1. The average molecular weight is 214 g/mol. The number of rotatable bonds is 3. The van der Waals surface area contributed by atoms with Gasteiger partial charge in [0.05, 0.1) is 11.3 Å². The molecule has 0 aliphatic heterocycles. The molecule has 2 N–H and O–H groups in total. The van der Waals surface area contributed by atoms with Gasteiger partial charge >= 0.3 is 5.97 Å². The summed E-state index contributed by atoms with van der Waals surface area (Å²) < 4.78 is 0. The van der Waals surface area contributed by atoms with E-state index in [2.05, 4.69) is 10.2 Å². The van der Waals surface area contributed by atoms with Crippen molar-refractivity contribution in [2.45, 2.75) is 0 Å². The molecule has 0 bridgehead atoms. The fourth-order valence-electron chi connectivity index (χ4n) is 0.854. The van der Waals surface area contributed by atoms with Crippen LogP contribution >= 0.6 is 0 Å². The number of nitrogens with one attached hydrogen (secondary N) is 1. The maximum absolute atomic E-state index is 10.5. The fraction of sp³-hybridized carbons (Fsp3) is 0. The van der Waals surface area contributed by atoms with E-state index >= 15 is 0 Å². The summed E-state index contributed by atoms with van der Waals surface area (Å²) in [7, 11) is 0. The first-order valence-corrected chi connectivity index (χ1v) is 4.12. The molecule has 1 rings (SSSR count). The Hall–Kier alpha value is -2.77. The number of carbonyl (C=O) groups is 1. The number of nitrogens with zero attached hydrogens (tertiary/aromatic N) is 3. The molecule has 0 radical (unpaired) electrons. The summed E-state index contributed by atoms with van der Waals surface area (Å²) in [6.45, 7) is 0. The molecular weight excluding hydrogens is 208 g/mol. The van der Waals surface area contributed by atoms with Crippen LogP contribution in [-0.2, 0) is 0 Å². The van der Waals surface area contributed by atoms with Crippen LogP contribution in [0.1, 0.15) is 10.4 Å². The Morgan fingerprint density at radius 2 is 2.00 bits per heavy atom. The summed E-state index contributed by atoms with van der Waals surface area (Å²) in [5, 5.41) is 30.8. The lowest BCUT2D eigenvalue weighted by Gasteiger charge is -1.93. The summed E-state index contributed by atoms with van der Waals surface area (Å²) in [6.07, 6.45) is 0. The summed E-state index contributed by atoms with van der Waals surface area (Å²) >= 11 is 0. The van der Waals surface area contributed by atoms with E-state index in [1.54, 1.807) is 11.9 Å². The number of hydrogen-bond donors (Lipinski definition) is 2. The van der Waals surface area contributed by atoms with Gasteiger partial charge in [-0.25, -0.2) is 4.79 Å². The maximum Gasteiger partial charge on any atom is 0.335 e. The van der Waals surface area contributed by atoms with Crippen LogP contribution in [-0.4, -0.2) is 16.9 Å². The number of hydrogen-bond acceptors (Lipinski definition) is 5.